The van der Waals surface area contributed by atoms with Crippen LogP contribution in [0, 0.1) is 0 Å². The zero-order valence-electron chi connectivity index (χ0n) is 12.1. The van der Waals surface area contributed by atoms with E-state index in [9.17, 15) is 8.42 Å². The maximum absolute atomic E-state index is 12.0. The number of rotatable bonds is 6. The van der Waals surface area contributed by atoms with Gasteiger partial charge in [-0.25, -0.2) is 0 Å². The summed E-state index contributed by atoms with van der Waals surface area (Å²) >= 11 is 1.14. The van der Waals surface area contributed by atoms with Gasteiger partial charge in [-0.15, -0.1) is 11.3 Å². The molecule has 0 aliphatic carbocycles. The first-order valence-corrected chi connectivity index (χ1v) is 8.93. The molecule has 0 aliphatic rings. The second-order valence-electron chi connectivity index (χ2n) is 4.48. The number of hydrogen-bond acceptors (Lipinski definition) is 4. The molecule has 22 heavy (non-hydrogen) atoms. The van der Waals surface area contributed by atoms with Gasteiger partial charge >= 0.3 is 16.0 Å². The van der Waals surface area contributed by atoms with Gasteiger partial charge in [0.15, 0.2) is 4.21 Å². The zero-order chi connectivity index (χ0) is 16.0. The molecule has 8 heteroatoms. The Balaban J connectivity index is 1.90. The lowest BCUT2D eigenvalue weighted by Crippen LogP contribution is -2.79. The summed E-state index contributed by atoms with van der Waals surface area (Å²) in [6.07, 6.45) is 0.714. The lowest BCUT2D eigenvalue weighted by Gasteiger charge is -2.02. The molecular weight excluding hydrogens is 322 g/mol. The van der Waals surface area contributed by atoms with E-state index in [2.05, 4.69) is 9.71 Å². The summed E-state index contributed by atoms with van der Waals surface area (Å²) in [5.41, 5.74) is 6.77. The Morgan fingerprint density at radius 1 is 1.32 bits per heavy atom. The maximum Gasteiger partial charge on any atom is 0.356 e. The van der Waals surface area contributed by atoms with Crippen LogP contribution in [-0.2, 0) is 16.4 Å². The highest BCUT2D eigenvalue weighted by Crippen LogP contribution is 2.14. The molecule has 0 radical (unpaired) electrons. The molecule has 1 heterocycles. The van der Waals surface area contributed by atoms with E-state index in [-0.39, 0.29) is 10.2 Å². The summed E-state index contributed by atoms with van der Waals surface area (Å²) in [4.78, 5) is 2.86. The SMILES string of the molecule is COc1ccc(CC[NH+]=C(N)NS(=O)(=O)c2cccs2)cc1. The van der Waals surface area contributed by atoms with E-state index < -0.39 is 10.0 Å². The third-order valence-corrected chi connectivity index (χ3v) is 5.66. The Kier molecular flexibility index (Phi) is 5.40. The molecular formula is C14H18N3O3S2+. The third-order valence-electron chi connectivity index (χ3n) is 2.89. The number of nitrogens with two attached hydrogens (primary N) is 1. The van der Waals surface area contributed by atoms with E-state index in [0.29, 0.717) is 13.0 Å². The van der Waals surface area contributed by atoms with Crippen molar-refractivity contribution in [2.45, 2.75) is 10.6 Å². The van der Waals surface area contributed by atoms with Crippen molar-refractivity contribution >= 4 is 27.3 Å². The summed E-state index contributed by atoms with van der Waals surface area (Å²) in [6, 6.07) is 10.9. The molecule has 0 unspecified atom stereocenters. The molecule has 118 valence electrons. The molecule has 1 aromatic heterocycles. The first kappa shape index (κ1) is 16.3. The number of ether oxygens (including phenoxy) is 1. The molecule has 0 aliphatic heterocycles. The fourth-order valence-electron chi connectivity index (χ4n) is 1.78. The van der Waals surface area contributed by atoms with E-state index in [1.165, 1.54) is 6.07 Å². The van der Waals surface area contributed by atoms with Crippen molar-refractivity contribution in [1.82, 2.24) is 4.72 Å². The van der Waals surface area contributed by atoms with Crippen LogP contribution < -0.4 is 20.2 Å². The number of thiophene rings is 1. The summed E-state index contributed by atoms with van der Waals surface area (Å²) in [7, 11) is -1.98. The average molecular weight is 340 g/mol. The Labute approximate surface area is 133 Å². The van der Waals surface area contributed by atoms with Crippen LogP contribution in [-0.4, -0.2) is 28.0 Å². The van der Waals surface area contributed by atoms with Crippen molar-refractivity contribution < 1.29 is 18.1 Å². The Morgan fingerprint density at radius 3 is 2.64 bits per heavy atom. The highest BCUT2D eigenvalue weighted by molar-refractivity contribution is 7.92. The van der Waals surface area contributed by atoms with E-state index in [4.69, 9.17) is 10.5 Å². The van der Waals surface area contributed by atoms with Gasteiger partial charge in [0.1, 0.15) is 5.75 Å². The smallest absolute Gasteiger partial charge is 0.356 e. The molecule has 0 spiro atoms. The van der Waals surface area contributed by atoms with Gasteiger partial charge in [-0.2, -0.15) is 13.1 Å². The highest BCUT2D eigenvalue weighted by atomic mass is 32.2. The lowest BCUT2D eigenvalue weighted by atomic mass is 10.1. The normalized spacial score (nSPS) is 12.1. The molecule has 1 aromatic carbocycles. The van der Waals surface area contributed by atoms with Crippen molar-refractivity contribution in [2.75, 3.05) is 13.7 Å². The number of hydrogen-bond donors (Lipinski definition) is 3. The van der Waals surface area contributed by atoms with E-state index in [0.717, 1.165) is 22.6 Å². The first-order valence-electron chi connectivity index (χ1n) is 6.57. The standard InChI is InChI=1S/C14H17N3O3S2/c1-20-12-6-4-11(5-7-12)8-9-16-14(15)17-22(18,19)13-3-2-10-21-13/h2-7,10H,8-9H2,1H3,(H3,15,16,17)/p+1. The van der Waals surface area contributed by atoms with Gasteiger partial charge < -0.3 is 4.74 Å². The second kappa shape index (κ2) is 7.28. The second-order valence-corrected chi connectivity index (χ2v) is 7.33. The minimum Gasteiger partial charge on any atom is -0.497 e. The van der Waals surface area contributed by atoms with Crippen molar-refractivity contribution in [3.05, 3.63) is 47.3 Å². The first-order chi connectivity index (χ1) is 10.5. The zero-order valence-corrected chi connectivity index (χ0v) is 13.7. The molecule has 2 rings (SSSR count). The van der Waals surface area contributed by atoms with Gasteiger partial charge in [0, 0.05) is 6.42 Å². The van der Waals surface area contributed by atoms with Crippen LogP contribution in [0.15, 0.2) is 46.0 Å². The molecule has 4 N–H and O–H groups in total. The molecule has 0 fully saturated rings. The topological polar surface area (TPSA) is 95.4 Å². The van der Waals surface area contributed by atoms with Crippen LogP contribution in [0.4, 0.5) is 0 Å². The molecule has 0 atom stereocenters. The minimum absolute atomic E-state index is 0.0157. The average Bonchev–Trinajstić information content (AvgIpc) is 3.02. The molecule has 0 saturated heterocycles. The summed E-state index contributed by atoms with van der Waals surface area (Å²) in [5.74, 6) is 0.813. The van der Waals surface area contributed by atoms with Crippen LogP contribution in [0.5, 0.6) is 5.75 Å². The lowest BCUT2D eigenvalue weighted by molar-refractivity contribution is -0.459. The molecule has 0 amide bonds. The number of methoxy groups -OCH3 is 1. The quantitative estimate of drug-likeness (QED) is 0.496. The van der Waals surface area contributed by atoms with Crippen molar-refractivity contribution in [1.29, 1.82) is 0 Å². The predicted molar refractivity (Wildman–Crippen MR) is 86.4 cm³/mol. The summed E-state index contributed by atoms with van der Waals surface area (Å²) < 4.78 is 31.5. The number of nitrogens with one attached hydrogen (secondary N) is 2. The number of benzene rings is 1. The Morgan fingerprint density at radius 2 is 2.05 bits per heavy atom. The van der Waals surface area contributed by atoms with Gasteiger partial charge in [0.2, 0.25) is 0 Å². The molecule has 6 nitrogen and oxygen atoms in total. The summed E-state index contributed by atoms with van der Waals surface area (Å²) in [6.45, 7) is 0.519. The number of guanidine groups is 1. The molecule has 0 bridgehead atoms. The Hall–Kier alpha value is -2.06. The largest absolute Gasteiger partial charge is 0.497 e. The fourth-order valence-corrected chi connectivity index (χ4v) is 3.75. The molecule has 2 aromatic rings. The van der Waals surface area contributed by atoms with Crippen LogP contribution in [0.1, 0.15) is 5.56 Å². The van der Waals surface area contributed by atoms with Gasteiger partial charge in [-0.05, 0) is 29.1 Å². The van der Waals surface area contributed by atoms with Gasteiger partial charge in [-0.3, -0.25) is 10.7 Å². The van der Waals surface area contributed by atoms with Crippen LogP contribution in [0.2, 0.25) is 0 Å². The minimum atomic E-state index is -3.59. The van der Waals surface area contributed by atoms with Gasteiger partial charge in [0.25, 0.3) is 0 Å². The van der Waals surface area contributed by atoms with Crippen LogP contribution in [0.25, 0.3) is 0 Å². The van der Waals surface area contributed by atoms with E-state index in [1.807, 2.05) is 24.3 Å². The predicted octanol–water partition coefficient (Wildman–Crippen LogP) is -0.327. The molecule has 0 saturated carbocycles. The van der Waals surface area contributed by atoms with Gasteiger partial charge in [0.05, 0.1) is 13.7 Å². The summed E-state index contributed by atoms with van der Waals surface area (Å²) in [5, 5.41) is 1.70. The van der Waals surface area contributed by atoms with Crippen LogP contribution in [0.3, 0.4) is 0 Å². The Bertz CT molecular complexity index is 723. The monoisotopic (exact) mass is 340 g/mol. The number of sulfonamides is 1. The third kappa shape index (κ3) is 4.47. The van der Waals surface area contributed by atoms with Crippen molar-refractivity contribution in [3.63, 3.8) is 0 Å². The van der Waals surface area contributed by atoms with E-state index in [1.54, 1.807) is 18.6 Å². The van der Waals surface area contributed by atoms with Crippen LogP contribution >= 0.6 is 11.3 Å². The van der Waals surface area contributed by atoms with E-state index >= 15 is 0 Å². The highest BCUT2D eigenvalue weighted by Gasteiger charge is 2.20. The fraction of sp³-hybridized carbons (Fsp3) is 0.214. The van der Waals surface area contributed by atoms with Crippen molar-refractivity contribution in [3.8, 4) is 5.75 Å². The van der Waals surface area contributed by atoms with Gasteiger partial charge in [-0.1, -0.05) is 18.2 Å². The maximum atomic E-state index is 12.0. The van der Waals surface area contributed by atoms with Crippen molar-refractivity contribution in [2.24, 2.45) is 5.73 Å².